The molecular weight excluding hydrogens is 380 g/mol. The van der Waals surface area contributed by atoms with Gasteiger partial charge in [0.2, 0.25) is 12.7 Å². The van der Waals surface area contributed by atoms with Crippen LogP contribution in [0.3, 0.4) is 0 Å². The van der Waals surface area contributed by atoms with Gasteiger partial charge in [-0.05, 0) is 43.9 Å². The number of benzene rings is 1. The van der Waals surface area contributed by atoms with Crippen LogP contribution < -0.4 is 14.8 Å². The molecule has 7 nitrogen and oxygen atoms in total. The van der Waals surface area contributed by atoms with Crippen molar-refractivity contribution in [3.63, 3.8) is 0 Å². The summed E-state index contributed by atoms with van der Waals surface area (Å²) in [5.41, 5.74) is 3.96. The number of nitrogens with zero attached hydrogens (tertiary/aromatic N) is 3. The molecule has 1 N–H and O–H groups in total. The van der Waals surface area contributed by atoms with Gasteiger partial charge in [-0.15, -0.1) is 0 Å². The van der Waals surface area contributed by atoms with E-state index in [0.717, 1.165) is 66.2 Å². The van der Waals surface area contributed by atoms with Crippen molar-refractivity contribution in [1.82, 2.24) is 9.97 Å². The minimum Gasteiger partial charge on any atom is -0.454 e. The quantitative estimate of drug-likeness (QED) is 0.582. The van der Waals surface area contributed by atoms with Crippen molar-refractivity contribution in [2.45, 2.75) is 57.8 Å². The Morgan fingerprint density at radius 2 is 2.00 bits per heavy atom. The van der Waals surface area contributed by atoms with E-state index in [-0.39, 0.29) is 12.7 Å². The molecule has 30 heavy (non-hydrogen) atoms. The number of anilines is 1. The van der Waals surface area contributed by atoms with Gasteiger partial charge in [0, 0.05) is 32.0 Å². The van der Waals surface area contributed by atoms with Gasteiger partial charge in [0.15, 0.2) is 11.5 Å². The molecule has 1 aromatic heterocycles. The summed E-state index contributed by atoms with van der Waals surface area (Å²) in [4.78, 5) is 25.7. The number of rotatable bonds is 10. The Bertz CT molecular complexity index is 958. The van der Waals surface area contributed by atoms with Gasteiger partial charge in [0.25, 0.3) is 0 Å². The number of nitrogens with one attached hydrogen (secondary N) is 1. The molecule has 1 unspecified atom stereocenters. The third-order valence-corrected chi connectivity index (χ3v) is 5.64. The number of unbranched alkanes of at least 4 members (excludes halogenated alkanes) is 2. The van der Waals surface area contributed by atoms with Gasteiger partial charge in [0.05, 0.1) is 11.4 Å². The molecule has 2 aliphatic rings. The molecule has 0 aliphatic carbocycles. The van der Waals surface area contributed by atoms with Crippen molar-refractivity contribution >= 4 is 23.6 Å². The van der Waals surface area contributed by atoms with Crippen LogP contribution in [-0.4, -0.2) is 35.8 Å². The van der Waals surface area contributed by atoms with E-state index in [1.807, 2.05) is 38.4 Å². The van der Waals surface area contributed by atoms with E-state index in [9.17, 15) is 4.79 Å². The summed E-state index contributed by atoms with van der Waals surface area (Å²) >= 11 is 0. The monoisotopic (exact) mass is 408 g/mol. The van der Waals surface area contributed by atoms with Crippen molar-refractivity contribution < 1.29 is 14.3 Å². The number of hydrogen-bond donors (Lipinski definition) is 1. The molecule has 0 radical (unpaired) electrons. The maximum absolute atomic E-state index is 12.2. The minimum absolute atomic E-state index is 0.246. The number of Topliss-reactive ketones (excluding diaryl/α,β-unsaturated/α-hetero) is 1. The zero-order valence-electron chi connectivity index (χ0n) is 17.6. The largest absolute Gasteiger partial charge is 0.454 e. The predicted octanol–water partition coefficient (Wildman–Crippen LogP) is 4.51. The summed E-state index contributed by atoms with van der Waals surface area (Å²) in [6.07, 6.45) is 7.99. The number of ketones is 1. The van der Waals surface area contributed by atoms with Crippen molar-refractivity contribution in [3.8, 4) is 11.5 Å². The first-order valence-electron chi connectivity index (χ1n) is 10.6. The highest BCUT2D eigenvalue weighted by molar-refractivity contribution is 5.80. The Balaban J connectivity index is 1.16. The summed E-state index contributed by atoms with van der Waals surface area (Å²) in [5.74, 6) is 2.77. The van der Waals surface area contributed by atoms with E-state index in [1.54, 1.807) is 0 Å². The fourth-order valence-electron chi connectivity index (χ4n) is 3.93. The van der Waals surface area contributed by atoms with Gasteiger partial charge in [0.1, 0.15) is 11.5 Å². The lowest BCUT2D eigenvalue weighted by Gasteiger charge is -2.11. The van der Waals surface area contributed by atoms with Crippen LogP contribution in [0.15, 0.2) is 23.2 Å². The van der Waals surface area contributed by atoms with Gasteiger partial charge in [-0.3, -0.25) is 9.79 Å². The summed E-state index contributed by atoms with van der Waals surface area (Å²) < 4.78 is 10.7. The average Bonchev–Trinajstić information content (AvgIpc) is 3.38. The summed E-state index contributed by atoms with van der Waals surface area (Å²) in [6.45, 7) is 2.25. The Morgan fingerprint density at radius 3 is 2.87 bits per heavy atom. The van der Waals surface area contributed by atoms with Crippen LogP contribution in [-0.2, 0) is 11.2 Å². The zero-order chi connectivity index (χ0) is 20.9. The van der Waals surface area contributed by atoms with E-state index in [0.29, 0.717) is 24.6 Å². The molecule has 158 valence electrons. The van der Waals surface area contributed by atoms with E-state index in [4.69, 9.17) is 9.47 Å². The maximum Gasteiger partial charge on any atom is 0.231 e. The SMILES string of the molecule is CNc1nc(C)c2c(n1)C(CCCCCC(=O)CCc1ccc3c(c1)OCO3)C=N2. The Labute approximate surface area is 176 Å². The van der Waals surface area contributed by atoms with Crippen LogP contribution in [0.1, 0.15) is 61.4 Å². The molecular formula is C23H28N4O3. The lowest BCUT2D eigenvalue weighted by Crippen LogP contribution is -2.05. The molecule has 0 bridgehead atoms. The molecule has 1 aromatic carbocycles. The zero-order valence-corrected chi connectivity index (χ0v) is 17.6. The number of hydrogen-bond acceptors (Lipinski definition) is 7. The van der Waals surface area contributed by atoms with Crippen molar-refractivity contribution in [2.24, 2.45) is 4.99 Å². The van der Waals surface area contributed by atoms with Crippen molar-refractivity contribution in [3.05, 3.63) is 35.2 Å². The normalized spacial score (nSPS) is 16.0. The average molecular weight is 409 g/mol. The van der Waals surface area contributed by atoms with E-state index < -0.39 is 0 Å². The minimum atomic E-state index is 0.246. The van der Waals surface area contributed by atoms with Crippen LogP contribution in [0.5, 0.6) is 11.5 Å². The summed E-state index contributed by atoms with van der Waals surface area (Å²) in [5, 5.41) is 3.01. The molecule has 0 spiro atoms. The highest BCUT2D eigenvalue weighted by atomic mass is 16.7. The molecule has 0 saturated carbocycles. The topological polar surface area (TPSA) is 85.7 Å². The summed E-state index contributed by atoms with van der Waals surface area (Å²) in [7, 11) is 1.83. The van der Waals surface area contributed by atoms with Crippen molar-refractivity contribution in [1.29, 1.82) is 0 Å². The van der Waals surface area contributed by atoms with Gasteiger partial charge >= 0.3 is 0 Å². The standard InChI is InChI=1S/C23H28N4O3/c1-15-21-22(27-23(24-2)26-15)17(13-25-21)6-4-3-5-7-18(28)10-8-16-9-11-19-20(12-16)30-14-29-19/h9,11-13,17H,3-8,10,14H2,1-2H3,(H,24,26,27). The molecule has 1 atom stereocenters. The second kappa shape index (κ2) is 9.24. The number of aliphatic imine (C=N–C) groups is 1. The Morgan fingerprint density at radius 1 is 1.13 bits per heavy atom. The van der Waals surface area contributed by atoms with Gasteiger partial charge in [-0.2, -0.15) is 0 Å². The highest BCUT2D eigenvalue weighted by Crippen LogP contribution is 2.36. The van der Waals surface area contributed by atoms with Crippen LogP contribution in [0.4, 0.5) is 11.6 Å². The molecule has 2 aliphatic heterocycles. The molecule has 0 amide bonds. The number of carbonyl (C=O) groups is 1. The van der Waals surface area contributed by atoms with Gasteiger partial charge in [-0.1, -0.05) is 18.9 Å². The Hall–Kier alpha value is -2.96. The number of ether oxygens (including phenoxy) is 2. The lowest BCUT2D eigenvalue weighted by molar-refractivity contribution is -0.119. The van der Waals surface area contributed by atoms with Gasteiger partial charge < -0.3 is 14.8 Å². The number of carbonyl (C=O) groups excluding carboxylic acids is 1. The van der Waals surface area contributed by atoms with Crippen LogP contribution in [0.25, 0.3) is 0 Å². The molecule has 3 heterocycles. The highest BCUT2D eigenvalue weighted by Gasteiger charge is 2.23. The second-order valence-corrected chi connectivity index (χ2v) is 7.83. The Kier molecular flexibility index (Phi) is 6.26. The molecule has 0 saturated heterocycles. The van der Waals surface area contributed by atoms with E-state index in [2.05, 4.69) is 20.3 Å². The number of aryl methyl sites for hydroxylation is 2. The number of aromatic nitrogens is 2. The third kappa shape index (κ3) is 4.61. The lowest BCUT2D eigenvalue weighted by atomic mass is 9.97. The molecule has 2 aromatic rings. The smallest absolute Gasteiger partial charge is 0.231 e. The molecule has 0 fully saturated rings. The maximum atomic E-state index is 12.2. The van der Waals surface area contributed by atoms with Gasteiger partial charge in [-0.25, -0.2) is 9.97 Å². The van der Waals surface area contributed by atoms with E-state index >= 15 is 0 Å². The van der Waals surface area contributed by atoms with Crippen LogP contribution >= 0.6 is 0 Å². The first-order valence-corrected chi connectivity index (χ1v) is 10.6. The molecule has 7 heteroatoms. The first kappa shape index (κ1) is 20.3. The third-order valence-electron chi connectivity index (χ3n) is 5.64. The molecule has 4 rings (SSSR count). The fraction of sp³-hybridized carbons (Fsp3) is 0.478. The fourth-order valence-corrected chi connectivity index (χ4v) is 3.93. The van der Waals surface area contributed by atoms with Crippen LogP contribution in [0.2, 0.25) is 0 Å². The first-order chi connectivity index (χ1) is 14.6. The second-order valence-electron chi connectivity index (χ2n) is 7.83. The van der Waals surface area contributed by atoms with Crippen LogP contribution in [0, 0.1) is 6.92 Å². The van der Waals surface area contributed by atoms with Crippen molar-refractivity contribution in [2.75, 3.05) is 19.2 Å². The summed E-state index contributed by atoms with van der Waals surface area (Å²) in [6, 6.07) is 5.90. The predicted molar refractivity (Wildman–Crippen MR) is 116 cm³/mol. The number of fused-ring (bicyclic) bond motifs is 2. The van der Waals surface area contributed by atoms with E-state index in [1.165, 1.54) is 0 Å².